The van der Waals surface area contributed by atoms with Crippen molar-refractivity contribution in [1.82, 2.24) is 9.78 Å². The molecule has 0 aliphatic carbocycles. The first-order valence-corrected chi connectivity index (χ1v) is 5.75. The van der Waals surface area contributed by atoms with Crippen molar-refractivity contribution in [3.05, 3.63) is 28.8 Å². The van der Waals surface area contributed by atoms with Crippen molar-refractivity contribution in [2.24, 2.45) is 7.05 Å². The number of aromatic nitrogens is 2. The number of aliphatic carboxylic acids is 1. The molecular formula is C11H12N2O2S. The lowest BCUT2D eigenvalue weighted by Crippen LogP contribution is -2.06. The number of thiophene rings is 1. The molecule has 0 saturated carbocycles. The third kappa shape index (κ3) is 1.86. The zero-order valence-electron chi connectivity index (χ0n) is 9.10. The zero-order valence-corrected chi connectivity index (χ0v) is 9.91. The number of hydrogen-bond donors (Lipinski definition) is 1. The Labute approximate surface area is 97.2 Å². The quantitative estimate of drug-likeness (QED) is 0.887. The molecule has 4 nitrogen and oxygen atoms in total. The molecule has 84 valence electrons. The van der Waals surface area contributed by atoms with Gasteiger partial charge in [-0.2, -0.15) is 5.10 Å². The molecule has 0 aromatic carbocycles. The molecule has 2 heterocycles. The SMILES string of the molecule is Cc1c(-c2cccs2)nn(C)c1CC(=O)O. The van der Waals surface area contributed by atoms with Crippen LogP contribution in [0, 0.1) is 6.92 Å². The fourth-order valence-electron chi connectivity index (χ4n) is 1.70. The Morgan fingerprint density at radius 3 is 2.94 bits per heavy atom. The molecular weight excluding hydrogens is 224 g/mol. The van der Waals surface area contributed by atoms with Crippen LogP contribution >= 0.6 is 11.3 Å². The molecule has 0 unspecified atom stereocenters. The van der Waals surface area contributed by atoms with Gasteiger partial charge in [0.25, 0.3) is 0 Å². The second-order valence-electron chi connectivity index (χ2n) is 3.59. The van der Waals surface area contributed by atoms with Gasteiger partial charge in [-0.15, -0.1) is 11.3 Å². The van der Waals surface area contributed by atoms with Crippen molar-refractivity contribution >= 4 is 17.3 Å². The number of carboxylic acids is 1. The van der Waals surface area contributed by atoms with Gasteiger partial charge < -0.3 is 5.11 Å². The van der Waals surface area contributed by atoms with E-state index in [4.69, 9.17) is 5.11 Å². The minimum atomic E-state index is -0.830. The van der Waals surface area contributed by atoms with E-state index in [9.17, 15) is 4.79 Å². The van der Waals surface area contributed by atoms with Crippen LogP contribution in [0.5, 0.6) is 0 Å². The maximum absolute atomic E-state index is 10.7. The molecule has 0 aliphatic rings. The summed E-state index contributed by atoms with van der Waals surface area (Å²) in [5, 5.41) is 15.2. The second kappa shape index (κ2) is 4.09. The third-order valence-electron chi connectivity index (χ3n) is 2.50. The first-order chi connectivity index (χ1) is 7.59. The van der Waals surface area contributed by atoms with Crippen LogP contribution < -0.4 is 0 Å². The summed E-state index contributed by atoms with van der Waals surface area (Å²) in [4.78, 5) is 11.8. The van der Waals surface area contributed by atoms with Gasteiger partial charge in [-0.3, -0.25) is 9.48 Å². The Morgan fingerprint density at radius 2 is 2.38 bits per heavy atom. The Kier molecular flexibility index (Phi) is 2.78. The molecule has 0 atom stereocenters. The van der Waals surface area contributed by atoms with Crippen molar-refractivity contribution < 1.29 is 9.90 Å². The smallest absolute Gasteiger partial charge is 0.309 e. The standard InChI is InChI=1S/C11H12N2O2S/c1-7-8(6-10(14)15)13(2)12-11(7)9-4-3-5-16-9/h3-5H,6H2,1-2H3,(H,14,15). The van der Waals surface area contributed by atoms with E-state index in [2.05, 4.69) is 5.10 Å². The second-order valence-corrected chi connectivity index (χ2v) is 4.54. The van der Waals surface area contributed by atoms with Crippen LogP contribution in [0.2, 0.25) is 0 Å². The van der Waals surface area contributed by atoms with Gasteiger partial charge in [0.05, 0.1) is 17.0 Å². The summed E-state index contributed by atoms with van der Waals surface area (Å²) in [5.74, 6) is -0.830. The Balaban J connectivity index is 2.46. The lowest BCUT2D eigenvalue weighted by molar-refractivity contribution is -0.136. The average Bonchev–Trinajstić information content (AvgIpc) is 2.80. The molecule has 2 rings (SSSR count). The fourth-order valence-corrected chi connectivity index (χ4v) is 2.47. The van der Waals surface area contributed by atoms with Gasteiger partial charge in [0, 0.05) is 7.05 Å². The number of nitrogens with zero attached hydrogens (tertiary/aromatic N) is 2. The van der Waals surface area contributed by atoms with Crippen molar-refractivity contribution in [1.29, 1.82) is 0 Å². The van der Waals surface area contributed by atoms with Gasteiger partial charge in [-0.1, -0.05) is 6.07 Å². The molecule has 0 saturated heterocycles. The fraction of sp³-hybridized carbons (Fsp3) is 0.273. The van der Waals surface area contributed by atoms with Gasteiger partial charge in [0.1, 0.15) is 5.69 Å². The van der Waals surface area contributed by atoms with E-state index < -0.39 is 5.97 Å². The lowest BCUT2D eigenvalue weighted by atomic mass is 10.1. The molecule has 5 heteroatoms. The largest absolute Gasteiger partial charge is 0.481 e. The molecule has 0 aliphatic heterocycles. The van der Waals surface area contributed by atoms with E-state index >= 15 is 0 Å². The van der Waals surface area contributed by atoms with Gasteiger partial charge in [-0.25, -0.2) is 0 Å². The molecule has 0 fully saturated rings. The first-order valence-electron chi connectivity index (χ1n) is 4.87. The predicted molar refractivity (Wildman–Crippen MR) is 62.6 cm³/mol. The van der Waals surface area contributed by atoms with Crippen LogP contribution in [0.15, 0.2) is 17.5 Å². The van der Waals surface area contributed by atoms with Crippen molar-refractivity contribution in [2.45, 2.75) is 13.3 Å². The van der Waals surface area contributed by atoms with Crippen LogP contribution in [-0.4, -0.2) is 20.9 Å². The molecule has 1 N–H and O–H groups in total. The predicted octanol–water partition coefficient (Wildman–Crippen LogP) is 2.08. The van der Waals surface area contributed by atoms with Crippen LogP contribution in [0.4, 0.5) is 0 Å². The van der Waals surface area contributed by atoms with Crippen LogP contribution in [0.1, 0.15) is 11.3 Å². The zero-order chi connectivity index (χ0) is 11.7. The van der Waals surface area contributed by atoms with Crippen LogP contribution in [-0.2, 0) is 18.3 Å². The number of aryl methyl sites for hydroxylation is 1. The number of carbonyl (C=O) groups is 1. The first kappa shape index (κ1) is 10.9. The van der Waals surface area contributed by atoms with Gasteiger partial charge in [-0.05, 0) is 23.9 Å². The van der Waals surface area contributed by atoms with E-state index in [1.54, 1.807) is 23.1 Å². The molecule has 0 radical (unpaired) electrons. The minimum Gasteiger partial charge on any atom is -0.481 e. The maximum Gasteiger partial charge on any atom is 0.309 e. The number of carboxylic acid groups (broad SMARTS) is 1. The number of hydrogen-bond acceptors (Lipinski definition) is 3. The molecule has 16 heavy (non-hydrogen) atoms. The van der Waals surface area contributed by atoms with E-state index in [0.717, 1.165) is 21.8 Å². The van der Waals surface area contributed by atoms with Gasteiger partial charge in [0.2, 0.25) is 0 Å². The molecule has 2 aromatic rings. The highest BCUT2D eigenvalue weighted by Crippen LogP contribution is 2.28. The Bertz CT molecular complexity index is 514. The summed E-state index contributed by atoms with van der Waals surface area (Å²) >= 11 is 1.61. The Hall–Kier alpha value is -1.62. The lowest BCUT2D eigenvalue weighted by Gasteiger charge is -1.98. The van der Waals surface area contributed by atoms with Gasteiger partial charge >= 0.3 is 5.97 Å². The molecule has 0 spiro atoms. The Morgan fingerprint density at radius 1 is 1.62 bits per heavy atom. The number of rotatable bonds is 3. The van der Waals surface area contributed by atoms with Crippen LogP contribution in [0.3, 0.4) is 0 Å². The maximum atomic E-state index is 10.7. The summed E-state index contributed by atoms with van der Waals surface area (Å²) in [6.07, 6.45) is 0.0146. The van der Waals surface area contributed by atoms with Gasteiger partial charge in [0.15, 0.2) is 0 Å². The molecule has 2 aromatic heterocycles. The average molecular weight is 236 g/mol. The summed E-state index contributed by atoms with van der Waals surface area (Å²) in [6, 6.07) is 3.95. The van der Waals surface area contributed by atoms with Crippen molar-refractivity contribution in [3.8, 4) is 10.6 Å². The normalized spacial score (nSPS) is 10.6. The van der Waals surface area contributed by atoms with Crippen molar-refractivity contribution in [3.63, 3.8) is 0 Å². The highest BCUT2D eigenvalue weighted by molar-refractivity contribution is 7.13. The summed E-state index contributed by atoms with van der Waals surface area (Å²) in [7, 11) is 1.78. The van der Waals surface area contributed by atoms with E-state index in [0.29, 0.717) is 0 Å². The van der Waals surface area contributed by atoms with Crippen molar-refractivity contribution in [2.75, 3.05) is 0 Å². The highest BCUT2D eigenvalue weighted by atomic mass is 32.1. The van der Waals surface area contributed by atoms with E-state index in [1.165, 1.54) is 0 Å². The molecule has 0 amide bonds. The summed E-state index contributed by atoms with van der Waals surface area (Å²) in [5.41, 5.74) is 2.59. The monoisotopic (exact) mass is 236 g/mol. The topological polar surface area (TPSA) is 55.1 Å². The van der Waals surface area contributed by atoms with Crippen LogP contribution in [0.25, 0.3) is 10.6 Å². The summed E-state index contributed by atoms with van der Waals surface area (Å²) < 4.78 is 1.65. The van der Waals surface area contributed by atoms with E-state index in [-0.39, 0.29) is 6.42 Å². The third-order valence-corrected chi connectivity index (χ3v) is 3.38. The highest BCUT2D eigenvalue weighted by Gasteiger charge is 2.16. The molecule has 0 bridgehead atoms. The summed E-state index contributed by atoms with van der Waals surface area (Å²) in [6.45, 7) is 1.92. The minimum absolute atomic E-state index is 0.0146. The van der Waals surface area contributed by atoms with E-state index in [1.807, 2.05) is 24.4 Å².